The van der Waals surface area contributed by atoms with Crippen LogP contribution < -0.4 is 5.01 Å². The fourth-order valence-electron chi connectivity index (χ4n) is 3.36. The van der Waals surface area contributed by atoms with Gasteiger partial charge in [0.15, 0.2) is 10.9 Å². The van der Waals surface area contributed by atoms with E-state index in [1.54, 1.807) is 18.1 Å². The molecule has 29 heavy (non-hydrogen) atoms. The highest BCUT2D eigenvalue weighted by atomic mass is 32.1. The van der Waals surface area contributed by atoms with Gasteiger partial charge in [0.2, 0.25) is 0 Å². The summed E-state index contributed by atoms with van der Waals surface area (Å²) < 4.78 is 0. The second kappa shape index (κ2) is 8.92. The van der Waals surface area contributed by atoms with E-state index >= 15 is 0 Å². The average molecular weight is 432 g/mol. The van der Waals surface area contributed by atoms with Crippen LogP contribution in [0.2, 0.25) is 0 Å². The predicted octanol–water partition coefficient (Wildman–Crippen LogP) is 4.63. The lowest BCUT2D eigenvalue weighted by atomic mass is 9.97. The first-order chi connectivity index (χ1) is 13.8. The summed E-state index contributed by atoms with van der Waals surface area (Å²) in [7, 11) is 0. The zero-order valence-electron chi connectivity index (χ0n) is 16.8. The number of likely N-dealkylation sites (tertiary alicyclic amines) is 1. The van der Waals surface area contributed by atoms with E-state index in [1.807, 2.05) is 29.3 Å². The van der Waals surface area contributed by atoms with Crippen LogP contribution in [-0.4, -0.2) is 45.5 Å². The van der Waals surface area contributed by atoms with Crippen LogP contribution in [0.15, 0.2) is 28.7 Å². The number of hydrogen-bond donors (Lipinski definition) is 2. The molecule has 0 atom stereocenters. The number of piperidine rings is 1. The van der Waals surface area contributed by atoms with Crippen molar-refractivity contribution in [3.63, 3.8) is 0 Å². The van der Waals surface area contributed by atoms with Crippen LogP contribution in [0, 0.1) is 19.8 Å². The van der Waals surface area contributed by atoms with Crippen LogP contribution in [-0.2, 0) is 4.79 Å². The number of carbonyl (C=O) groups is 1. The summed E-state index contributed by atoms with van der Waals surface area (Å²) >= 11 is 7.10. The number of nitrogens with zero attached hydrogens (tertiary/aromatic N) is 3. The number of hydrazone groups is 1. The van der Waals surface area contributed by atoms with E-state index in [0.29, 0.717) is 36.7 Å². The maximum atomic E-state index is 11.2. The third-order valence-corrected chi connectivity index (χ3v) is 6.71. The fourth-order valence-corrected chi connectivity index (χ4v) is 4.61. The highest BCUT2D eigenvalue weighted by Gasteiger charge is 2.29. The molecule has 0 radical (unpaired) electrons. The molecule has 0 amide bonds. The molecule has 0 spiro atoms. The van der Waals surface area contributed by atoms with E-state index in [4.69, 9.17) is 12.2 Å². The van der Waals surface area contributed by atoms with E-state index < -0.39 is 5.97 Å². The minimum Gasteiger partial charge on any atom is -0.504 e. The van der Waals surface area contributed by atoms with Crippen molar-refractivity contribution in [1.82, 2.24) is 4.90 Å². The zero-order valence-corrected chi connectivity index (χ0v) is 18.4. The highest BCUT2D eigenvalue weighted by Crippen LogP contribution is 2.44. The van der Waals surface area contributed by atoms with Gasteiger partial charge in [-0.3, -0.25) is 4.79 Å². The monoisotopic (exact) mass is 431 g/mol. The van der Waals surface area contributed by atoms with E-state index in [0.717, 1.165) is 16.0 Å². The van der Waals surface area contributed by atoms with Gasteiger partial charge in [-0.05, 0) is 62.5 Å². The number of carboxylic acid groups (broad SMARTS) is 1. The van der Waals surface area contributed by atoms with Gasteiger partial charge in [0.1, 0.15) is 5.69 Å². The molecular weight excluding hydrogens is 406 g/mol. The first-order valence-electron chi connectivity index (χ1n) is 9.52. The van der Waals surface area contributed by atoms with Crippen molar-refractivity contribution in [3.05, 3.63) is 34.7 Å². The van der Waals surface area contributed by atoms with Gasteiger partial charge in [0, 0.05) is 24.7 Å². The van der Waals surface area contributed by atoms with Crippen LogP contribution in [0.25, 0.3) is 10.4 Å². The van der Waals surface area contributed by atoms with Crippen molar-refractivity contribution in [2.75, 3.05) is 18.1 Å². The molecule has 2 heterocycles. The number of anilines is 1. The molecule has 1 fully saturated rings. The Bertz CT molecular complexity index is 947. The van der Waals surface area contributed by atoms with E-state index in [1.165, 1.54) is 16.9 Å². The van der Waals surface area contributed by atoms with Gasteiger partial charge in [0.25, 0.3) is 0 Å². The molecule has 0 unspecified atom stereocenters. The van der Waals surface area contributed by atoms with Gasteiger partial charge < -0.3 is 15.1 Å². The molecule has 1 aliphatic rings. The third-order valence-electron chi connectivity index (χ3n) is 5.27. The summed E-state index contributed by atoms with van der Waals surface area (Å²) in [5.41, 5.74) is 3.85. The van der Waals surface area contributed by atoms with Gasteiger partial charge in [-0.15, -0.1) is 11.3 Å². The van der Waals surface area contributed by atoms with E-state index in [-0.39, 0.29) is 11.7 Å². The molecule has 0 aliphatic carbocycles. The maximum absolute atomic E-state index is 11.2. The van der Waals surface area contributed by atoms with Crippen LogP contribution in [0.4, 0.5) is 5.69 Å². The van der Waals surface area contributed by atoms with Crippen molar-refractivity contribution in [1.29, 1.82) is 0 Å². The largest absolute Gasteiger partial charge is 0.504 e. The standard InChI is InChI=1S/C21H25N3O3S2/c1-4-22-24(21(28)23-9-7-15(8-10-23)20(26)27)17-12-29-19(18(17)25)16-6-5-13(2)14(3)11-16/h4-6,11-12,15,25H,7-10H2,1-3H3,(H,26,27)/b22-4+. The van der Waals surface area contributed by atoms with Crippen LogP contribution in [0.5, 0.6) is 5.75 Å². The molecule has 8 heteroatoms. The molecule has 0 bridgehead atoms. The first-order valence-corrected chi connectivity index (χ1v) is 10.8. The number of hydrogen-bond acceptors (Lipinski definition) is 5. The van der Waals surface area contributed by atoms with E-state index in [2.05, 4.69) is 18.1 Å². The molecule has 2 N–H and O–H groups in total. The molecule has 2 aromatic rings. The lowest BCUT2D eigenvalue weighted by Crippen LogP contribution is -2.45. The summed E-state index contributed by atoms with van der Waals surface area (Å²) in [4.78, 5) is 13.9. The summed E-state index contributed by atoms with van der Waals surface area (Å²) in [6.45, 7) is 7.01. The molecule has 0 saturated carbocycles. The number of aryl methyl sites for hydroxylation is 2. The predicted molar refractivity (Wildman–Crippen MR) is 122 cm³/mol. The number of benzene rings is 1. The minimum atomic E-state index is -0.757. The molecule has 6 nitrogen and oxygen atoms in total. The quantitative estimate of drug-likeness (QED) is 0.418. The number of carboxylic acids is 1. The SMILES string of the molecule is C/C=N/N(C(=S)N1CCC(C(=O)O)CC1)c1csc(-c2ccc(C)c(C)c2)c1O. The van der Waals surface area contributed by atoms with E-state index in [9.17, 15) is 15.0 Å². The Morgan fingerprint density at radius 3 is 2.59 bits per heavy atom. The van der Waals surface area contributed by atoms with Gasteiger partial charge in [-0.1, -0.05) is 18.2 Å². The molecule has 1 aromatic carbocycles. The maximum Gasteiger partial charge on any atom is 0.306 e. The number of aliphatic carboxylic acids is 1. The lowest BCUT2D eigenvalue weighted by Gasteiger charge is -2.35. The Morgan fingerprint density at radius 1 is 1.31 bits per heavy atom. The van der Waals surface area contributed by atoms with Gasteiger partial charge in [-0.25, -0.2) is 5.01 Å². The molecule has 1 aromatic heterocycles. The summed E-state index contributed by atoms with van der Waals surface area (Å²) in [5, 5.41) is 28.4. The highest BCUT2D eigenvalue weighted by molar-refractivity contribution is 7.80. The summed E-state index contributed by atoms with van der Waals surface area (Å²) in [5.74, 6) is -0.942. The Hall–Kier alpha value is -2.45. The van der Waals surface area contributed by atoms with Crippen molar-refractivity contribution >= 4 is 46.5 Å². The average Bonchev–Trinajstić information content (AvgIpc) is 3.09. The second-order valence-electron chi connectivity index (χ2n) is 7.17. The molecular formula is C21H25N3O3S2. The van der Waals surface area contributed by atoms with Crippen molar-refractivity contribution in [2.24, 2.45) is 11.0 Å². The molecule has 1 aliphatic heterocycles. The van der Waals surface area contributed by atoms with Gasteiger partial charge >= 0.3 is 5.97 Å². The Morgan fingerprint density at radius 2 is 2.00 bits per heavy atom. The molecule has 3 rings (SSSR count). The molecule has 1 saturated heterocycles. The molecule has 154 valence electrons. The Kier molecular flexibility index (Phi) is 6.54. The van der Waals surface area contributed by atoms with Crippen molar-refractivity contribution in [3.8, 4) is 16.2 Å². The van der Waals surface area contributed by atoms with Gasteiger partial charge in [0.05, 0.1) is 10.8 Å². The third kappa shape index (κ3) is 4.43. The van der Waals surface area contributed by atoms with Crippen molar-refractivity contribution in [2.45, 2.75) is 33.6 Å². The van der Waals surface area contributed by atoms with Crippen molar-refractivity contribution < 1.29 is 15.0 Å². The smallest absolute Gasteiger partial charge is 0.306 e. The Balaban J connectivity index is 1.86. The topological polar surface area (TPSA) is 76.4 Å². The summed E-state index contributed by atoms with van der Waals surface area (Å²) in [6.07, 6.45) is 2.72. The van der Waals surface area contributed by atoms with Crippen LogP contribution >= 0.6 is 23.6 Å². The summed E-state index contributed by atoms with van der Waals surface area (Å²) in [6, 6.07) is 6.11. The second-order valence-corrected chi connectivity index (χ2v) is 8.41. The zero-order chi connectivity index (χ0) is 21.1. The number of thiophene rings is 1. The van der Waals surface area contributed by atoms with Crippen LogP contribution in [0.3, 0.4) is 0 Å². The number of aromatic hydroxyl groups is 1. The minimum absolute atomic E-state index is 0.145. The first kappa shape index (κ1) is 21.3. The lowest BCUT2D eigenvalue weighted by molar-refractivity contribution is -0.143. The normalized spacial score (nSPS) is 15.1. The van der Waals surface area contributed by atoms with Gasteiger partial charge in [-0.2, -0.15) is 5.10 Å². The number of rotatable bonds is 4. The number of thiocarbonyl (C=S) groups is 1. The Labute approximate surface area is 180 Å². The fraction of sp³-hybridized carbons (Fsp3) is 0.381. The van der Waals surface area contributed by atoms with Crippen LogP contribution in [0.1, 0.15) is 30.9 Å².